The fourth-order valence-corrected chi connectivity index (χ4v) is 3.32. The predicted molar refractivity (Wildman–Crippen MR) is 118 cm³/mol. The minimum atomic E-state index is -0.0582. The van der Waals surface area contributed by atoms with Gasteiger partial charge < -0.3 is 5.32 Å². The Bertz CT molecular complexity index is 1160. The number of hydrogen-bond acceptors (Lipinski definition) is 4. The van der Waals surface area contributed by atoms with Gasteiger partial charge in [-0.15, -0.1) is 0 Å². The van der Waals surface area contributed by atoms with Crippen molar-refractivity contribution >= 4 is 28.1 Å². The van der Waals surface area contributed by atoms with Crippen LogP contribution in [0.5, 0.6) is 0 Å². The first-order chi connectivity index (χ1) is 13.9. The third kappa shape index (κ3) is 3.87. The monoisotopic (exact) mass is 381 g/mol. The first-order valence-electron chi connectivity index (χ1n) is 9.63. The van der Waals surface area contributed by atoms with Crippen molar-refractivity contribution in [3.63, 3.8) is 0 Å². The summed E-state index contributed by atoms with van der Waals surface area (Å²) < 4.78 is 0. The standard InChI is InChI=1S/C25H23N3O/c1-25(2,3)18-8-10-19(11-9-18)28-24-21-7-5-4-6-20(21)22(16-27-24)23(29)17-12-14-26-15-13-17/h4-16H,1-3H3,(H,27,28). The lowest BCUT2D eigenvalue weighted by Gasteiger charge is -2.19. The van der Waals surface area contributed by atoms with Crippen LogP contribution < -0.4 is 5.32 Å². The molecule has 1 N–H and O–H groups in total. The van der Waals surface area contributed by atoms with Crippen molar-refractivity contribution in [2.75, 3.05) is 5.32 Å². The average Bonchev–Trinajstić information content (AvgIpc) is 2.74. The molecule has 4 rings (SSSR count). The van der Waals surface area contributed by atoms with Gasteiger partial charge in [0, 0.05) is 40.8 Å². The third-order valence-electron chi connectivity index (χ3n) is 5.00. The Hall–Kier alpha value is -3.53. The molecular formula is C25H23N3O. The maximum Gasteiger partial charge on any atom is 0.195 e. The Morgan fingerprint density at radius 1 is 0.862 bits per heavy atom. The Labute approximate surface area is 170 Å². The van der Waals surface area contributed by atoms with Crippen LogP contribution in [0.2, 0.25) is 0 Å². The van der Waals surface area contributed by atoms with Crippen molar-refractivity contribution in [3.05, 3.63) is 95.9 Å². The van der Waals surface area contributed by atoms with Crippen molar-refractivity contribution in [1.82, 2.24) is 9.97 Å². The molecule has 0 bridgehead atoms. The number of aromatic nitrogens is 2. The van der Waals surface area contributed by atoms with Crippen molar-refractivity contribution in [1.29, 1.82) is 0 Å². The van der Waals surface area contributed by atoms with E-state index in [4.69, 9.17) is 0 Å². The SMILES string of the molecule is CC(C)(C)c1ccc(Nc2ncc(C(=O)c3ccncc3)c3ccccc23)cc1. The van der Waals surface area contributed by atoms with Crippen LogP contribution >= 0.6 is 0 Å². The zero-order chi connectivity index (χ0) is 20.4. The quantitative estimate of drug-likeness (QED) is 0.447. The molecule has 0 saturated heterocycles. The summed E-state index contributed by atoms with van der Waals surface area (Å²) in [5, 5.41) is 5.18. The van der Waals surface area contributed by atoms with Gasteiger partial charge >= 0.3 is 0 Å². The van der Waals surface area contributed by atoms with Crippen molar-refractivity contribution in [2.24, 2.45) is 0 Å². The van der Waals surface area contributed by atoms with Crippen molar-refractivity contribution in [3.8, 4) is 0 Å². The second-order valence-electron chi connectivity index (χ2n) is 8.08. The molecular weight excluding hydrogens is 358 g/mol. The molecule has 144 valence electrons. The topological polar surface area (TPSA) is 54.9 Å². The molecule has 29 heavy (non-hydrogen) atoms. The Morgan fingerprint density at radius 2 is 1.52 bits per heavy atom. The summed E-state index contributed by atoms with van der Waals surface area (Å²) in [6.45, 7) is 6.59. The van der Waals surface area contributed by atoms with Crippen LogP contribution in [0.25, 0.3) is 10.8 Å². The van der Waals surface area contributed by atoms with Gasteiger partial charge in [-0.3, -0.25) is 9.78 Å². The summed E-state index contributed by atoms with van der Waals surface area (Å²) in [5.74, 6) is 0.674. The van der Waals surface area contributed by atoms with E-state index < -0.39 is 0 Å². The molecule has 4 nitrogen and oxygen atoms in total. The number of hydrogen-bond donors (Lipinski definition) is 1. The first-order valence-corrected chi connectivity index (χ1v) is 9.63. The van der Waals surface area contributed by atoms with Gasteiger partial charge in [-0.2, -0.15) is 0 Å². The van der Waals surface area contributed by atoms with E-state index >= 15 is 0 Å². The molecule has 0 unspecified atom stereocenters. The molecule has 2 heterocycles. The Morgan fingerprint density at radius 3 is 2.17 bits per heavy atom. The van der Waals surface area contributed by atoms with Crippen LogP contribution in [-0.2, 0) is 5.41 Å². The number of benzene rings is 2. The molecule has 0 aliphatic heterocycles. The molecule has 0 radical (unpaired) electrons. The number of rotatable bonds is 4. The first kappa shape index (κ1) is 18.8. The highest BCUT2D eigenvalue weighted by Crippen LogP contribution is 2.29. The summed E-state index contributed by atoms with van der Waals surface area (Å²) in [4.78, 5) is 21.5. The highest BCUT2D eigenvalue weighted by atomic mass is 16.1. The largest absolute Gasteiger partial charge is 0.340 e. The Balaban J connectivity index is 1.71. The van der Waals surface area contributed by atoms with Crippen LogP contribution in [0.1, 0.15) is 42.3 Å². The number of nitrogens with zero attached hydrogens (tertiary/aromatic N) is 2. The van der Waals surface area contributed by atoms with E-state index in [1.807, 2.05) is 24.3 Å². The second-order valence-corrected chi connectivity index (χ2v) is 8.08. The fourth-order valence-electron chi connectivity index (χ4n) is 3.32. The predicted octanol–water partition coefficient (Wildman–Crippen LogP) is 5.90. The van der Waals surface area contributed by atoms with E-state index in [0.29, 0.717) is 11.1 Å². The molecule has 2 aromatic heterocycles. The normalized spacial score (nSPS) is 11.4. The van der Waals surface area contributed by atoms with Gasteiger partial charge in [-0.1, -0.05) is 57.2 Å². The number of fused-ring (bicyclic) bond motifs is 1. The molecule has 0 aliphatic carbocycles. The van der Waals surface area contributed by atoms with E-state index in [0.717, 1.165) is 22.3 Å². The number of carbonyl (C=O) groups is 1. The van der Waals surface area contributed by atoms with E-state index in [2.05, 4.69) is 60.3 Å². The lowest BCUT2D eigenvalue weighted by atomic mass is 9.87. The number of anilines is 2. The number of nitrogens with one attached hydrogen (secondary N) is 1. The van der Waals surface area contributed by atoms with E-state index in [-0.39, 0.29) is 11.2 Å². The minimum Gasteiger partial charge on any atom is -0.340 e. The maximum absolute atomic E-state index is 13.0. The molecule has 2 aromatic carbocycles. The van der Waals surface area contributed by atoms with E-state index in [1.54, 1.807) is 30.7 Å². The molecule has 0 fully saturated rings. The van der Waals surface area contributed by atoms with Gasteiger partial charge in [-0.25, -0.2) is 4.98 Å². The van der Waals surface area contributed by atoms with Crippen LogP contribution in [0, 0.1) is 0 Å². The van der Waals surface area contributed by atoms with Crippen LogP contribution in [0.4, 0.5) is 11.5 Å². The third-order valence-corrected chi connectivity index (χ3v) is 5.00. The second kappa shape index (κ2) is 7.47. The molecule has 0 spiro atoms. The molecule has 0 saturated carbocycles. The molecule has 0 atom stereocenters. The number of ketones is 1. The molecule has 4 heteroatoms. The molecule has 0 aliphatic rings. The zero-order valence-corrected chi connectivity index (χ0v) is 16.8. The van der Waals surface area contributed by atoms with E-state index in [9.17, 15) is 4.79 Å². The minimum absolute atomic E-state index is 0.0582. The fraction of sp³-hybridized carbons (Fsp3) is 0.160. The Kier molecular flexibility index (Phi) is 4.85. The summed E-state index contributed by atoms with van der Waals surface area (Å²) in [6.07, 6.45) is 4.90. The molecule has 4 aromatic rings. The highest BCUT2D eigenvalue weighted by molar-refractivity contribution is 6.17. The lowest BCUT2D eigenvalue weighted by molar-refractivity contribution is 0.104. The smallest absolute Gasteiger partial charge is 0.195 e. The summed E-state index contributed by atoms with van der Waals surface area (Å²) in [5.41, 5.74) is 3.53. The van der Waals surface area contributed by atoms with Crippen LogP contribution in [-0.4, -0.2) is 15.8 Å². The summed E-state index contributed by atoms with van der Waals surface area (Å²) >= 11 is 0. The van der Waals surface area contributed by atoms with Gasteiger partial charge in [-0.05, 0) is 40.6 Å². The average molecular weight is 381 g/mol. The zero-order valence-electron chi connectivity index (χ0n) is 16.8. The van der Waals surface area contributed by atoms with Crippen molar-refractivity contribution < 1.29 is 4.79 Å². The van der Waals surface area contributed by atoms with Gasteiger partial charge in [0.25, 0.3) is 0 Å². The summed E-state index contributed by atoms with van der Waals surface area (Å²) in [7, 11) is 0. The van der Waals surface area contributed by atoms with Crippen molar-refractivity contribution in [2.45, 2.75) is 26.2 Å². The highest BCUT2D eigenvalue weighted by Gasteiger charge is 2.16. The van der Waals surface area contributed by atoms with Gasteiger partial charge in [0.05, 0.1) is 0 Å². The summed E-state index contributed by atoms with van der Waals surface area (Å²) in [6, 6.07) is 19.7. The number of carbonyl (C=O) groups excluding carboxylic acids is 1. The number of pyridine rings is 2. The van der Waals surface area contributed by atoms with E-state index in [1.165, 1.54) is 5.56 Å². The lowest BCUT2D eigenvalue weighted by Crippen LogP contribution is -2.10. The molecule has 0 amide bonds. The van der Waals surface area contributed by atoms with Crippen LogP contribution in [0.3, 0.4) is 0 Å². The van der Waals surface area contributed by atoms with Gasteiger partial charge in [0.1, 0.15) is 5.82 Å². The van der Waals surface area contributed by atoms with Crippen LogP contribution in [0.15, 0.2) is 79.3 Å². The van der Waals surface area contributed by atoms with Gasteiger partial charge in [0.2, 0.25) is 0 Å². The van der Waals surface area contributed by atoms with Gasteiger partial charge in [0.15, 0.2) is 5.78 Å². The maximum atomic E-state index is 13.0.